The fourth-order valence-corrected chi connectivity index (χ4v) is 0.124. The Bertz CT molecular complexity index is 115. The van der Waals surface area contributed by atoms with Crippen molar-refractivity contribution in [2.75, 3.05) is 0 Å². The molecule has 0 aromatic rings. The molecular formula is C3HF6I. The lowest BCUT2D eigenvalue weighted by Gasteiger charge is -2.19. The summed E-state index contributed by atoms with van der Waals surface area (Å²) in [6.45, 7) is 0. The van der Waals surface area contributed by atoms with E-state index in [0.717, 1.165) is 0 Å². The fourth-order valence-electron chi connectivity index (χ4n) is 0.124. The van der Waals surface area contributed by atoms with Gasteiger partial charge in [-0.05, 0) is 22.6 Å². The second-order valence-electron chi connectivity index (χ2n) is 1.42. The topological polar surface area (TPSA) is 0 Å². The standard InChI is InChI=1S/C3HF6I/c4-1(5)2(6,10)3(7,8)9/h1H. The number of hydrogen-bond donors (Lipinski definition) is 0. The Morgan fingerprint density at radius 3 is 1.30 bits per heavy atom. The SMILES string of the molecule is FC(F)C(F)(I)C(F)(F)F. The van der Waals surface area contributed by atoms with Crippen LogP contribution in [-0.2, 0) is 0 Å². The predicted molar refractivity (Wildman–Crippen MR) is 29.9 cm³/mol. The van der Waals surface area contributed by atoms with Crippen LogP contribution in [-0.4, -0.2) is 16.3 Å². The van der Waals surface area contributed by atoms with Gasteiger partial charge in [-0.25, -0.2) is 13.2 Å². The molecule has 0 fully saturated rings. The molecule has 0 aliphatic heterocycles. The van der Waals surface area contributed by atoms with Gasteiger partial charge in [0.1, 0.15) is 0 Å². The van der Waals surface area contributed by atoms with Crippen molar-refractivity contribution in [2.45, 2.75) is 16.3 Å². The van der Waals surface area contributed by atoms with Crippen molar-refractivity contribution in [3.63, 3.8) is 0 Å². The molecule has 0 N–H and O–H groups in total. The quantitative estimate of drug-likeness (QED) is 0.393. The summed E-state index contributed by atoms with van der Waals surface area (Å²) in [5, 5.41) is 0. The van der Waals surface area contributed by atoms with Crippen molar-refractivity contribution in [1.82, 2.24) is 0 Å². The minimum Gasteiger partial charge on any atom is -0.216 e. The van der Waals surface area contributed by atoms with E-state index in [-0.39, 0.29) is 22.6 Å². The van der Waals surface area contributed by atoms with Gasteiger partial charge in [-0.1, -0.05) is 0 Å². The van der Waals surface area contributed by atoms with E-state index in [4.69, 9.17) is 0 Å². The zero-order chi connectivity index (χ0) is 8.58. The normalized spacial score (nSPS) is 19.2. The van der Waals surface area contributed by atoms with Gasteiger partial charge in [0.25, 0.3) is 6.43 Å². The van der Waals surface area contributed by atoms with E-state index in [0.29, 0.717) is 0 Å². The second-order valence-corrected chi connectivity index (χ2v) is 2.99. The van der Waals surface area contributed by atoms with Crippen molar-refractivity contribution in [2.24, 2.45) is 0 Å². The Kier molecular flexibility index (Phi) is 2.83. The maximum atomic E-state index is 11.8. The average molecular weight is 278 g/mol. The molecule has 0 aromatic heterocycles. The van der Waals surface area contributed by atoms with E-state index in [1.54, 1.807) is 0 Å². The molecule has 0 bridgehead atoms. The predicted octanol–water partition coefficient (Wildman–Crippen LogP) is 2.91. The molecule has 0 radical (unpaired) electrons. The summed E-state index contributed by atoms with van der Waals surface area (Å²) in [4.78, 5) is 0. The summed E-state index contributed by atoms with van der Waals surface area (Å²) in [6.07, 6.45) is -9.56. The molecule has 10 heavy (non-hydrogen) atoms. The monoisotopic (exact) mass is 278 g/mol. The van der Waals surface area contributed by atoms with Gasteiger partial charge >= 0.3 is 9.85 Å². The first-order valence-corrected chi connectivity index (χ1v) is 3.00. The lowest BCUT2D eigenvalue weighted by atomic mass is 10.4. The second kappa shape index (κ2) is 2.74. The molecule has 0 nitrogen and oxygen atoms in total. The van der Waals surface area contributed by atoms with Gasteiger partial charge < -0.3 is 0 Å². The van der Waals surface area contributed by atoms with Crippen molar-refractivity contribution >= 4 is 22.6 Å². The zero-order valence-electron chi connectivity index (χ0n) is 4.22. The van der Waals surface area contributed by atoms with Crippen LogP contribution in [0.25, 0.3) is 0 Å². The molecule has 0 aliphatic rings. The van der Waals surface area contributed by atoms with Gasteiger partial charge in [0.2, 0.25) is 0 Å². The van der Waals surface area contributed by atoms with Crippen LogP contribution in [0.1, 0.15) is 0 Å². The third-order valence-electron chi connectivity index (χ3n) is 0.652. The molecule has 0 rings (SSSR count). The summed E-state index contributed by atoms with van der Waals surface area (Å²) in [6, 6.07) is 0. The molecule has 0 spiro atoms. The third kappa shape index (κ3) is 1.89. The van der Waals surface area contributed by atoms with E-state index >= 15 is 0 Å². The van der Waals surface area contributed by atoms with Crippen LogP contribution in [0.5, 0.6) is 0 Å². The van der Waals surface area contributed by atoms with E-state index in [9.17, 15) is 26.3 Å². The van der Waals surface area contributed by atoms with Crippen LogP contribution >= 0.6 is 22.6 Å². The molecule has 0 saturated heterocycles. The number of hydrogen-bond acceptors (Lipinski definition) is 0. The lowest BCUT2D eigenvalue weighted by molar-refractivity contribution is -0.219. The molecule has 62 valence electrons. The largest absolute Gasteiger partial charge is 0.437 e. The smallest absolute Gasteiger partial charge is 0.216 e. The minimum absolute atomic E-state index is 0.0307. The van der Waals surface area contributed by atoms with Gasteiger partial charge in [0, 0.05) is 0 Å². The minimum atomic E-state index is -5.51. The summed E-state index contributed by atoms with van der Waals surface area (Å²) >= 11 is 0.0307. The van der Waals surface area contributed by atoms with Gasteiger partial charge in [0.15, 0.2) is 0 Å². The lowest BCUT2D eigenvalue weighted by Crippen LogP contribution is -2.41. The summed E-state index contributed by atoms with van der Waals surface area (Å²) in [5.74, 6) is 0. The average Bonchev–Trinajstić information content (AvgIpc) is 1.62. The molecule has 1 atom stereocenters. The molecular weight excluding hydrogens is 277 g/mol. The van der Waals surface area contributed by atoms with Gasteiger partial charge in [-0.15, -0.1) is 0 Å². The maximum absolute atomic E-state index is 11.8. The highest BCUT2D eigenvalue weighted by molar-refractivity contribution is 14.1. The maximum Gasteiger partial charge on any atom is 0.437 e. The Balaban J connectivity index is 4.40. The van der Waals surface area contributed by atoms with Crippen molar-refractivity contribution in [3.8, 4) is 0 Å². The summed E-state index contributed by atoms with van der Waals surface area (Å²) < 4.78 is 63.5. The van der Waals surface area contributed by atoms with Crippen molar-refractivity contribution in [1.29, 1.82) is 0 Å². The molecule has 0 saturated carbocycles. The molecule has 0 aromatic carbocycles. The van der Waals surface area contributed by atoms with Gasteiger partial charge in [0.05, 0.1) is 0 Å². The van der Waals surface area contributed by atoms with E-state index < -0.39 is 16.3 Å². The van der Waals surface area contributed by atoms with Crippen LogP contribution < -0.4 is 0 Å². The van der Waals surface area contributed by atoms with Crippen LogP contribution in [0.4, 0.5) is 26.3 Å². The molecule has 7 heteroatoms. The fraction of sp³-hybridized carbons (Fsp3) is 1.00. The Morgan fingerprint density at radius 2 is 1.30 bits per heavy atom. The van der Waals surface area contributed by atoms with E-state index in [2.05, 4.69) is 0 Å². The number of halogens is 7. The zero-order valence-corrected chi connectivity index (χ0v) is 6.38. The Labute approximate surface area is 65.7 Å². The van der Waals surface area contributed by atoms with Crippen LogP contribution in [0, 0.1) is 0 Å². The highest BCUT2D eigenvalue weighted by atomic mass is 127. The molecule has 0 heterocycles. The summed E-state index contributed by atoms with van der Waals surface area (Å²) in [5.41, 5.74) is 0. The van der Waals surface area contributed by atoms with Crippen LogP contribution in [0.15, 0.2) is 0 Å². The first-order chi connectivity index (χ1) is 4.19. The van der Waals surface area contributed by atoms with Crippen LogP contribution in [0.2, 0.25) is 0 Å². The summed E-state index contributed by atoms with van der Waals surface area (Å²) in [7, 11) is 0. The molecule has 0 aliphatic carbocycles. The third-order valence-corrected chi connectivity index (χ3v) is 1.73. The first-order valence-electron chi connectivity index (χ1n) is 1.92. The van der Waals surface area contributed by atoms with Gasteiger partial charge in [-0.3, -0.25) is 0 Å². The van der Waals surface area contributed by atoms with Crippen molar-refractivity contribution in [3.05, 3.63) is 0 Å². The van der Waals surface area contributed by atoms with Crippen LogP contribution in [0.3, 0.4) is 0 Å². The molecule has 1 unspecified atom stereocenters. The highest BCUT2D eigenvalue weighted by Gasteiger charge is 2.61. The highest BCUT2D eigenvalue weighted by Crippen LogP contribution is 2.43. The van der Waals surface area contributed by atoms with Gasteiger partial charge in [-0.2, -0.15) is 13.2 Å². The Morgan fingerprint density at radius 1 is 1.00 bits per heavy atom. The Hall–Kier alpha value is 0.310. The number of alkyl halides is 7. The number of rotatable bonds is 1. The van der Waals surface area contributed by atoms with E-state index in [1.165, 1.54) is 0 Å². The van der Waals surface area contributed by atoms with E-state index in [1.807, 2.05) is 0 Å². The van der Waals surface area contributed by atoms with Crippen molar-refractivity contribution < 1.29 is 26.3 Å². The first kappa shape index (κ1) is 10.3. The molecule has 0 amide bonds.